The largest absolute Gasteiger partial charge is 0.378 e. The number of aryl methyl sites for hydroxylation is 1. The van der Waals surface area contributed by atoms with Crippen LogP contribution in [0.15, 0.2) is 70.5 Å². The zero-order chi connectivity index (χ0) is 24.6. The number of carbonyl (C=O) groups is 1. The number of anilines is 1. The average molecular weight is 510 g/mol. The number of rotatable bonds is 6. The van der Waals surface area contributed by atoms with Crippen LogP contribution in [0.4, 0.5) is 5.69 Å². The molecule has 1 saturated heterocycles. The van der Waals surface area contributed by atoms with Crippen molar-refractivity contribution < 1.29 is 17.9 Å². The number of hydrogen-bond acceptors (Lipinski definition) is 5. The van der Waals surface area contributed by atoms with Gasteiger partial charge in [-0.05, 0) is 55.6 Å². The molecule has 1 amide bonds. The smallest absolute Gasteiger partial charge is 0.261 e. The Morgan fingerprint density at radius 1 is 1.00 bits per heavy atom. The number of amides is 1. The number of ether oxygens (including phenoxy) is 1. The van der Waals surface area contributed by atoms with E-state index in [-0.39, 0.29) is 10.8 Å². The van der Waals surface area contributed by atoms with Gasteiger partial charge < -0.3 is 14.2 Å². The van der Waals surface area contributed by atoms with E-state index in [1.54, 1.807) is 23.1 Å². The van der Waals surface area contributed by atoms with Crippen molar-refractivity contribution in [2.24, 2.45) is 0 Å². The van der Waals surface area contributed by atoms with Crippen LogP contribution in [0.5, 0.6) is 0 Å². The Kier molecular flexibility index (Phi) is 6.48. The van der Waals surface area contributed by atoms with Gasteiger partial charge in [-0.15, -0.1) is 11.8 Å². The summed E-state index contributed by atoms with van der Waals surface area (Å²) in [4.78, 5) is 15.7. The Balaban J connectivity index is 1.50. The third-order valence-electron chi connectivity index (χ3n) is 6.35. The van der Waals surface area contributed by atoms with Crippen LogP contribution >= 0.6 is 11.8 Å². The molecule has 1 aromatic heterocycles. The fraction of sp³-hybridized carbons (Fsp3) is 0.269. The molecule has 3 aromatic carbocycles. The van der Waals surface area contributed by atoms with Crippen molar-refractivity contribution >= 4 is 55.2 Å². The van der Waals surface area contributed by atoms with Crippen LogP contribution in [0.3, 0.4) is 0 Å². The van der Waals surface area contributed by atoms with Crippen LogP contribution in [0.1, 0.15) is 17.3 Å². The highest BCUT2D eigenvalue weighted by Crippen LogP contribution is 2.32. The molecule has 5 rings (SSSR count). The fourth-order valence-corrected chi connectivity index (χ4v) is 6.28. The topological polar surface area (TPSA) is 80.6 Å². The van der Waals surface area contributed by atoms with E-state index in [0.717, 1.165) is 33.2 Å². The Labute approximate surface area is 209 Å². The lowest BCUT2D eigenvalue weighted by molar-refractivity contribution is 0.0300. The molecule has 2 heterocycles. The Bertz CT molecular complexity index is 1520. The SMILES string of the molecule is CCn1c2ccccc2c2cc(NS(=O)(=O)c3ccc(SC)c(C(=O)N4CCOCC4)c3)ccc21. The number of hydrogen-bond donors (Lipinski definition) is 1. The van der Waals surface area contributed by atoms with Crippen molar-refractivity contribution in [1.29, 1.82) is 0 Å². The summed E-state index contributed by atoms with van der Waals surface area (Å²) in [5.74, 6) is -0.177. The molecule has 9 heteroatoms. The summed E-state index contributed by atoms with van der Waals surface area (Å²) >= 11 is 1.42. The number of para-hydroxylation sites is 1. The summed E-state index contributed by atoms with van der Waals surface area (Å²) < 4.78 is 37.0. The molecule has 0 bridgehead atoms. The number of morpholine rings is 1. The number of thioether (sulfide) groups is 1. The van der Waals surface area contributed by atoms with E-state index in [9.17, 15) is 13.2 Å². The number of fused-ring (bicyclic) bond motifs is 3. The van der Waals surface area contributed by atoms with Crippen LogP contribution in [0.25, 0.3) is 21.8 Å². The van der Waals surface area contributed by atoms with Crippen molar-refractivity contribution in [3.8, 4) is 0 Å². The van der Waals surface area contributed by atoms with Gasteiger partial charge in [-0.1, -0.05) is 18.2 Å². The van der Waals surface area contributed by atoms with Crippen LogP contribution < -0.4 is 4.72 Å². The predicted molar refractivity (Wildman–Crippen MR) is 141 cm³/mol. The quantitative estimate of drug-likeness (QED) is 0.377. The summed E-state index contributed by atoms with van der Waals surface area (Å²) in [6.07, 6.45) is 1.87. The number of carbonyl (C=O) groups excluding carboxylic acids is 1. The molecule has 1 aliphatic heterocycles. The van der Waals surface area contributed by atoms with E-state index in [4.69, 9.17) is 4.74 Å². The molecular weight excluding hydrogens is 482 g/mol. The molecule has 0 aliphatic carbocycles. The summed E-state index contributed by atoms with van der Waals surface area (Å²) in [7, 11) is -3.91. The predicted octanol–water partition coefficient (Wildman–Crippen LogP) is 4.81. The highest BCUT2D eigenvalue weighted by atomic mass is 32.2. The lowest BCUT2D eigenvalue weighted by Crippen LogP contribution is -2.40. The number of benzene rings is 3. The monoisotopic (exact) mass is 509 g/mol. The van der Waals surface area contributed by atoms with Crippen LogP contribution in [-0.4, -0.2) is 56.4 Å². The van der Waals surface area contributed by atoms with Gasteiger partial charge in [0.2, 0.25) is 0 Å². The van der Waals surface area contributed by atoms with Crippen molar-refractivity contribution in [3.05, 3.63) is 66.2 Å². The van der Waals surface area contributed by atoms with Gasteiger partial charge in [0.25, 0.3) is 15.9 Å². The summed E-state index contributed by atoms with van der Waals surface area (Å²) in [6.45, 7) is 4.86. The van der Waals surface area contributed by atoms with Gasteiger partial charge in [0.1, 0.15) is 0 Å². The average Bonchev–Trinajstić information content (AvgIpc) is 3.21. The molecule has 0 atom stereocenters. The number of nitrogens with one attached hydrogen (secondary N) is 1. The Morgan fingerprint density at radius 3 is 2.49 bits per heavy atom. The summed E-state index contributed by atoms with van der Waals surface area (Å²) in [5, 5.41) is 2.07. The van der Waals surface area contributed by atoms with Crippen molar-refractivity contribution in [3.63, 3.8) is 0 Å². The first kappa shape index (κ1) is 23.7. The van der Waals surface area contributed by atoms with Crippen molar-refractivity contribution in [2.75, 3.05) is 37.3 Å². The first-order chi connectivity index (χ1) is 16.9. The first-order valence-electron chi connectivity index (χ1n) is 11.5. The van der Waals surface area contributed by atoms with Gasteiger partial charge in [0, 0.05) is 52.0 Å². The molecule has 1 aliphatic rings. The number of sulfonamides is 1. The minimum atomic E-state index is -3.91. The molecule has 4 aromatic rings. The first-order valence-corrected chi connectivity index (χ1v) is 14.2. The highest BCUT2D eigenvalue weighted by Gasteiger charge is 2.24. The Hall–Kier alpha value is -3.01. The molecular formula is C26H27N3O4S2. The summed E-state index contributed by atoms with van der Waals surface area (Å²) in [5.41, 5.74) is 3.04. The molecule has 7 nitrogen and oxygen atoms in total. The van der Waals surface area contributed by atoms with Gasteiger partial charge in [0.05, 0.1) is 23.7 Å². The lowest BCUT2D eigenvalue weighted by atomic mass is 10.1. The lowest BCUT2D eigenvalue weighted by Gasteiger charge is -2.27. The fourth-order valence-electron chi connectivity index (χ4n) is 4.63. The molecule has 0 saturated carbocycles. The normalized spacial score (nSPS) is 14.5. The number of nitrogens with zero attached hydrogens (tertiary/aromatic N) is 2. The van der Waals surface area contributed by atoms with E-state index >= 15 is 0 Å². The Morgan fingerprint density at radius 2 is 1.74 bits per heavy atom. The van der Waals surface area contributed by atoms with Crippen molar-refractivity contribution in [1.82, 2.24) is 9.47 Å². The minimum absolute atomic E-state index is 0.0583. The van der Waals surface area contributed by atoms with Gasteiger partial charge in [-0.3, -0.25) is 9.52 Å². The van der Waals surface area contributed by atoms with E-state index in [0.29, 0.717) is 37.6 Å². The van der Waals surface area contributed by atoms with E-state index in [1.165, 1.54) is 17.8 Å². The standard InChI is InChI=1S/C26H27N3O4S2/c1-3-29-23-7-5-4-6-20(23)21-16-18(8-10-24(21)29)27-35(31,32)19-9-11-25(34-2)22(17-19)26(30)28-12-14-33-15-13-28/h4-11,16-17,27H,3,12-15H2,1-2H3. The van der Waals surface area contributed by atoms with Crippen LogP contribution in [0, 0.1) is 0 Å². The highest BCUT2D eigenvalue weighted by molar-refractivity contribution is 7.98. The van der Waals surface area contributed by atoms with E-state index < -0.39 is 10.0 Å². The molecule has 1 fully saturated rings. The zero-order valence-corrected chi connectivity index (χ0v) is 21.3. The van der Waals surface area contributed by atoms with E-state index in [1.807, 2.05) is 36.6 Å². The second kappa shape index (κ2) is 9.56. The third kappa shape index (κ3) is 4.39. The third-order valence-corrected chi connectivity index (χ3v) is 8.53. The molecule has 0 radical (unpaired) electrons. The maximum absolute atomic E-state index is 13.3. The van der Waals surface area contributed by atoms with Crippen LogP contribution in [-0.2, 0) is 21.3 Å². The maximum atomic E-state index is 13.3. The van der Waals surface area contributed by atoms with Gasteiger partial charge in [0.15, 0.2) is 0 Å². The van der Waals surface area contributed by atoms with Crippen LogP contribution in [0.2, 0.25) is 0 Å². The van der Waals surface area contributed by atoms with E-state index in [2.05, 4.69) is 22.3 Å². The van der Waals surface area contributed by atoms with Gasteiger partial charge in [-0.2, -0.15) is 0 Å². The minimum Gasteiger partial charge on any atom is -0.378 e. The van der Waals surface area contributed by atoms with Gasteiger partial charge in [-0.25, -0.2) is 8.42 Å². The molecule has 182 valence electrons. The second-order valence-corrected chi connectivity index (χ2v) is 10.9. The number of aromatic nitrogens is 1. The molecule has 1 N–H and O–H groups in total. The summed E-state index contributed by atoms with van der Waals surface area (Å²) in [6, 6.07) is 18.4. The maximum Gasteiger partial charge on any atom is 0.261 e. The van der Waals surface area contributed by atoms with Crippen molar-refractivity contribution in [2.45, 2.75) is 23.3 Å². The zero-order valence-electron chi connectivity index (χ0n) is 19.7. The molecule has 0 unspecified atom stereocenters. The second-order valence-electron chi connectivity index (χ2n) is 8.37. The van der Waals surface area contributed by atoms with Gasteiger partial charge >= 0.3 is 0 Å². The molecule has 0 spiro atoms. The molecule has 35 heavy (non-hydrogen) atoms.